The number of urea groups is 1. The van der Waals surface area contributed by atoms with E-state index in [0.29, 0.717) is 16.0 Å². The minimum atomic E-state index is -0.733. The quantitative estimate of drug-likeness (QED) is 0.531. The number of nitrogens with zero attached hydrogens (tertiary/aromatic N) is 3. The number of benzene rings is 1. The first kappa shape index (κ1) is 25.3. The Labute approximate surface area is 205 Å². The van der Waals surface area contributed by atoms with Gasteiger partial charge in [0.2, 0.25) is 0 Å². The van der Waals surface area contributed by atoms with Gasteiger partial charge in [-0.3, -0.25) is 9.21 Å². The van der Waals surface area contributed by atoms with Gasteiger partial charge in [0.05, 0.1) is 22.3 Å². The van der Waals surface area contributed by atoms with Crippen LogP contribution in [0.4, 0.5) is 15.3 Å². The lowest BCUT2D eigenvalue weighted by Gasteiger charge is -2.38. The molecule has 2 aliphatic rings. The highest BCUT2D eigenvalue weighted by Crippen LogP contribution is 2.33. The second-order valence-electron chi connectivity index (χ2n) is 8.36. The van der Waals surface area contributed by atoms with Crippen LogP contribution in [0.25, 0.3) is 0 Å². The molecule has 1 aliphatic heterocycles. The summed E-state index contributed by atoms with van der Waals surface area (Å²) >= 11 is 16.8. The minimum absolute atomic E-state index is 0.0370. The maximum absolute atomic E-state index is 12.1. The predicted molar refractivity (Wildman–Crippen MR) is 132 cm³/mol. The fourth-order valence-corrected chi connectivity index (χ4v) is 5.17. The van der Waals surface area contributed by atoms with Crippen molar-refractivity contribution in [2.75, 3.05) is 44.2 Å². The lowest BCUT2D eigenvalue weighted by molar-refractivity contribution is 0.147. The van der Waals surface area contributed by atoms with Crippen LogP contribution in [-0.2, 0) is 4.74 Å². The fraction of sp³-hybridized carbons (Fsp3) is 0.636. The third-order valence-electron chi connectivity index (χ3n) is 6.35. The van der Waals surface area contributed by atoms with E-state index in [1.54, 1.807) is 6.92 Å². The molecular formula is C22H32Cl2N4O3S. The molecule has 0 atom stereocenters. The van der Waals surface area contributed by atoms with Gasteiger partial charge in [-0.05, 0) is 63.6 Å². The molecule has 0 spiro atoms. The summed E-state index contributed by atoms with van der Waals surface area (Å²) in [5.41, 5.74) is 1.01. The number of imide groups is 1. The van der Waals surface area contributed by atoms with Crippen molar-refractivity contribution < 1.29 is 14.3 Å². The molecule has 1 aliphatic carbocycles. The Morgan fingerprint density at radius 2 is 1.84 bits per heavy atom. The molecule has 1 saturated heterocycles. The highest BCUT2D eigenvalue weighted by molar-refractivity contribution is 7.78. The number of rotatable bonds is 6. The highest BCUT2D eigenvalue weighted by atomic mass is 35.5. The summed E-state index contributed by atoms with van der Waals surface area (Å²) < 4.78 is 6.09. The van der Waals surface area contributed by atoms with Crippen molar-refractivity contribution in [3.63, 3.8) is 0 Å². The number of ether oxygens (including phenoxy) is 1. The standard InChI is InChI=1S/C22H32Cl2N4O3S/c1-2-31-22(30)25-21(29)28(32)17-8-6-16(7-9-17)10-11-26-12-14-27(15-13-26)19-5-3-4-18(23)20(19)24/h3-5,16-17,32H,2,6-15H2,1H3,(H,25,29,30). The van der Waals surface area contributed by atoms with E-state index >= 15 is 0 Å². The van der Waals surface area contributed by atoms with Crippen LogP contribution in [0.3, 0.4) is 0 Å². The van der Waals surface area contributed by atoms with E-state index in [1.165, 1.54) is 4.31 Å². The number of anilines is 1. The molecule has 1 saturated carbocycles. The first-order valence-electron chi connectivity index (χ1n) is 11.3. The molecule has 0 unspecified atom stereocenters. The molecule has 2 fully saturated rings. The van der Waals surface area contributed by atoms with Gasteiger partial charge in [0.1, 0.15) is 0 Å². The lowest BCUT2D eigenvalue weighted by Crippen LogP contribution is -2.47. The van der Waals surface area contributed by atoms with E-state index in [-0.39, 0.29) is 12.6 Å². The van der Waals surface area contributed by atoms with E-state index in [0.717, 1.165) is 70.5 Å². The summed E-state index contributed by atoms with van der Waals surface area (Å²) in [6, 6.07) is 5.31. The molecule has 1 aromatic rings. The Kier molecular flexibility index (Phi) is 9.64. The van der Waals surface area contributed by atoms with E-state index in [2.05, 4.69) is 27.9 Å². The Hall–Kier alpha value is -1.35. The molecule has 10 heteroatoms. The molecule has 32 heavy (non-hydrogen) atoms. The lowest BCUT2D eigenvalue weighted by atomic mass is 9.84. The van der Waals surface area contributed by atoms with Gasteiger partial charge < -0.3 is 9.64 Å². The molecule has 1 heterocycles. The van der Waals surface area contributed by atoms with Gasteiger partial charge in [-0.2, -0.15) is 0 Å². The van der Waals surface area contributed by atoms with Crippen molar-refractivity contribution in [1.29, 1.82) is 0 Å². The molecular weight excluding hydrogens is 471 g/mol. The number of hydrogen-bond donors (Lipinski definition) is 2. The predicted octanol–water partition coefficient (Wildman–Crippen LogP) is 5.08. The second kappa shape index (κ2) is 12.2. The zero-order chi connectivity index (χ0) is 23.1. The number of hydrogen-bond acceptors (Lipinski definition) is 6. The van der Waals surface area contributed by atoms with Crippen LogP contribution < -0.4 is 10.2 Å². The largest absolute Gasteiger partial charge is 0.450 e. The van der Waals surface area contributed by atoms with Gasteiger partial charge in [0.15, 0.2) is 0 Å². The summed E-state index contributed by atoms with van der Waals surface area (Å²) in [6.45, 7) is 6.90. The monoisotopic (exact) mass is 502 g/mol. The van der Waals surface area contributed by atoms with Crippen molar-refractivity contribution in [2.24, 2.45) is 5.92 Å². The first-order valence-corrected chi connectivity index (χ1v) is 12.4. The summed E-state index contributed by atoms with van der Waals surface area (Å²) in [6.07, 6.45) is 4.34. The molecule has 3 amide bonds. The second-order valence-corrected chi connectivity index (χ2v) is 9.58. The molecule has 0 radical (unpaired) electrons. The van der Waals surface area contributed by atoms with Crippen LogP contribution >= 0.6 is 36.0 Å². The SMILES string of the molecule is CCOC(=O)NC(=O)N(S)C1CCC(CCN2CCN(c3cccc(Cl)c3Cl)CC2)CC1. The van der Waals surface area contributed by atoms with Crippen LogP contribution in [0.5, 0.6) is 0 Å². The van der Waals surface area contributed by atoms with Crippen molar-refractivity contribution in [3.05, 3.63) is 28.2 Å². The summed E-state index contributed by atoms with van der Waals surface area (Å²) in [4.78, 5) is 28.4. The third kappa shape index (κ3) is 6.83. The molecule has 1 aromatic carbocycles. The van der Waals surface area contributed by atoms with Crippen LogP contribution in [-0.4, -0.2) is 66.7 Å². The molecule has 1 N–H and O–H groups in total. The summed E-state index contributed by atoms with van der Waals surface area (Å²) in [5, 5.41) is 3.43. The van der Waals surface area contributed by atoms with Crippen molar-refractivity contribution >= 4 is 53.8 Å². The van der Waals surface area contributed by atoms with E-state index in [4.69, 9.17) is 27.9 Å². The van der Waals surface area contributed by atoms with Crippen molar-refractivity contribution in [3.8, 4) is 0 Å². The maximum Gasteiger partial charge on any atom is 0.415 e. The number of carbonyl (C=O) groups excluding carboxylic acids is 2. The van der Waals surface area contributed by atoms with Gasteiger partial charge in [0.25, 0.3) is 0 Å². The van der Waals surface area contributed by atoms with Gasteiger partial charge in [0, 0.05) is 32.2 Å². The smallest absolute Gasteiger partial charge is 0.415 e. The topological polar surface area (TPSA) is 65.1 Å². The maximum atomic E-state index is 12.1. The zero-order valence-electron chi connectivity index (χ0n) is 18.4. The van der Waals surface area contributed by atoms with Crippen molar-refractivity contribution in [2.45, 2.75) is 45.1 Å². The van der Waals surface area contributed by atoms with Gasteiger partial charge in [-0.1, -0.05) is 42.1 Å². The summed E-state index contributed by atoms with van der Waals surface area (Å²) in [7, 11) is 0. The summed E-state index contributed by atoms with van der Waals surface area (Å²) in [5.74, 6) is 0.654. The highest BCUT2D eigenvalue weighted by Gasteiger charge is 2.29. The van der Waals surface area contributed by atoms with Gasteiger partial charge in [-0.15, -0.1) is 0 Å². The number of alkyl carbamates (subject to hydrolysis) is 1. The van der Waals surface area contributed by atoms with E-state index in [1.807, 2.05) is 18.2 Å². The van der Waals surface area contributed by atoms with E-state index < -0.39 is 12.1 Å². The number of thiol groups is 1. The molecule has 0 bridgehead atoms. The zero-order valence-corrected chi connectivity index (χ0v) is 20.8. The Morgan fingerprint density at radius 3 is 2.50 bits per heavy atom. The average Bonchev–Trinajstić information content (AvgIpc) is 2.80. The number of amides is 3. The fourth-order valence-electron chi connectivity index (χ4n) is 4.47. The van der Waals surface area contributed by atoms with Crippen LogP contribution in [0.15, 0.2) is 18.2 Å². The number of piperazine rings is 1. The van der Waals surface area contributed by atoms with Gasteiger partial charge >= 0.3 is 12.1 Å². The molecule has 3 rings (SSSR count). The number of halogens is 2. The molecule has 0 aromatic heterocycles. The first-order chi connectivity index (χ1) is 15.4. The number of carbonyl (C=O) groups is 2. The Bertz CT molecular complexity index is 784. The molecule has 7 nitrogen and oxygen atoms in total. The minimum Gasteiger partial charge on any atom is -0.450 e. The average molecular weight is 503 g/mol. The Morgan fingerprint density at radius 1 is 1.16 bits per heavy atom. The Balaban J connectivity index is 1.35. The van der Waals surface area contributed by atoms with Gasteiger partial charge in [-0.25, -0.2) is 14.9 Å². The van der Waals surface area contributed by atoms with Crippen LogP contribution in [0, 0.1) is 5.92 Å². The van der Waals surface area contributed by atoms with Crippen molar-refractivity contribution in [1.82, 2.24) is 14.5 Å². The molecule has 178 valence electrons. The van der Waals surface area contributed by atoms with Crippen LogP contribution in [0.1, 0.15) is 39.0 Å². The third-order valence-corrected chi connectivity index (χ3v) is 7.67. The normalized spacial score (nSPS) is 21.8. The van der Waals surface area contributed by atoms with Crippen LogP contribution in [0.2, 0.25) is 10.0 Å². The number of nitrogens with one attached hydrogen (secondary N) is 1. The van der Waals surface area contributed by atoms with E-state index in [9.17, 15) is 9.59 Å².